The molecule has 0 bridgehead atoms. The van der Waals surface area contributed by atoms with Gasteiger partial charge in [-0.2, -0.15) is 0 Å². The highest BCUT2D eigenvalue weighted by atomic mass is 32.1. The van der Waals surface area contributed by atoms with Gasteiger partial charge >= 0.3 is 0 Å². The van der Waals surface area contributed by atoms with Gasteiger partial charge in [-0.15, -0.1) is 11.3 Å². The first-order chi connectivity index (χ1) is 9.36. The molecule has 0 saturated heterocycles. The van der Waals surface area contributed by atoms with Gasteiger partial charge in [0.05, 0.1) is 0 Å². The maximum absolute atomic E-state index is 3.53. The molecule has 0 aliphatic heterocycles. The molecule has 0 atom stereocenters. The Bertz CT molecular complexity index is 561. The lowest BCUT2D eigenvalue weighted by atomic mass is 9.95. The molecule has 2 aromatic rings. The summed E-state index contributed by atoms with van der Waals surface area (Å²) >= 11 is 1.91. The second-order valence-corrected chi connectivity index (χ2v) is 7.82. The molecule has 0 amide bonds. The molecule has 1 heterocycles. The van der Waals surface area contributed by atoms with Gasteiger partial charge in [0.2, 0.25) is 0 Å². The Morgan fingerprint density at radius 1 is 1.10 bits per heavy atom. The predicted molar refractivity (Wildman–Crippen MR) is 90.9 cm³/mol. The minimum atomic E-state index is 0.250. The lowest BCUT2D eigenvalue weighted by Crippen LogP contribution is -2.07. The summed E-state index contributed by atoms with van der Waals surface area (Å²) in [4.78, 5) is 2.84. The van der Waals surface area contributed by atoms with Crippen molar-refractivity contribution in [3.05, 3.63) is 51.7 Å². The summed E-state index contributed by atoms with van der Waals surface area (Å²) in [5.74, 6) is 0.575. The molecule has 1 N–H and O–H groups in total. The van der Waals surface area contributed by atoms with Crippen LogP contribution in [0, 0.1) is 0 Å². The fraction of sp³-hybridized carbons (Fsp3) is 0.444. The molecule has 2 rings (SSSR count). The van der Waals surface area contributed by atoms with Gasteiger partial charge in [-0.25, -0.2) is 0 Å². The Morgan fingerprint density at radius 3 is 2.45 bits per heavy atom. The van der Waals surface area contributed by atoms with Crippen LogP contribution in [0.2, 0.25) is 0 Å². The van der Waals surface area contributed by atoms with Crippen molar-refractivity contribution >= 4 is 17.0 Å². The minimum Gasteiger partial charge on any atom is -0.380 e. The zero-order valence-electron chi connectivity index (χ0n) is 13.2. The molecule has 0 radical (unpaired) electrons. The maximum atomic E-state index is 3.53. The molecule has 0 unspecified atom stereocenters. The minimum absolute atomic E-state index is 0.250. The topological polar surface area (TPSA) is 12.0 Å². The highest BCUT2D eigenvalue weighted by Gasteiger charge is 2.15. The third kappa shape index (κ3) is 3.86. The second kappa shape index (κ2) is 6.01. The first-order valence-corrected chi connectivity index (χ1v) is 8.11. The Morgan fingerprint density at radius 2 is 1.85 bits per heavy atom. The highest BCUT2D eigenvalue weighted by Crippen LogP contribution is 2.30. The summed E-state index contributed by atoms with van der Waals surface area (Å²) in [7, 11) is 0. The van der Waals surface area contributed by atoms with Crippen molar-refractivity contribution in [1.82, 2.24) is 0 Å². The van der Waals surface area contributed by atoms with Crippen LogP contribution in [-0.2, 0) is 12.0 Å². The van der Waals surface area contributed by atoms with Crippen LogP contribution in [0.15, 0.2) is 36.4 Å². The normalized spacial score (nSPS) is 11.9. The Kier molecular flexibility index (Phi) is 4.54. The van der Waals surface area contributed by atoms with Crippen molar-refractivity contribution in [2.75, 3.05) is 5.32 Å². The number of benzene rings is 1. The van der Waals surface area contributed by atoms with E-state index in [1.165, 1.54) is 21.0 Å². The van der Waals surface area contributed by atoms with Crippen LogP contribution < -0.4 is 5.32 Å². The molecule has 20 heavy (non-hydrogen) atoms. The van der Waals surface area contributed by atoms with Gasteiger partial charge in [0.15, 0.2) is 0 Å². The quantitative estimate of drug-likeness (QED) is 0.751. The van der Waals surface area contributed by atoms with E-state index >= 15 is 0 Å². The van der Waals surface area contributed by atoms with Gasteiger partial charge in [-0.05, 0) is 41.2 Å². The van der Waals surface area contributed by atoms with E-state index in [-0.39, 0.29) is 5.41 Å². The Labute approximate surface area is 127 Å². The number of hydrogen-bond donors (Lipinski definition) is 1. The van der Waals surface area contributed by atoms with E-state index in [0.29, 0.717) is 5.92 Å². The third-order valence-corrected chi connectivity index (χ3v) is 4.93. The molecule has 1 aromatic carbocycles. The molecule has 0 aliphatic rings. The van der Waals surface area contributed by atoms with Crippen LogP contribution in [0.4, 0.5) is 5.69 Å². The van der Waals surface area contributed by atoms with Crippen molar-refractivity contribution in [2.45, 2.75) is 52.5 Å². The van der Waals surface area contributed by atoms with E-state index in [1.807, 2.05) is 11.3 Å². The number of hydrogen-bond acceptors (Lipinski definition) is 2. The van der Waals surface area contributed by atoms with E-state index in [0.717, 1.165) is 6.54 Å². The second-order valence-electron chi connectivity index (χ2n) is 6.65. The highest BCUT2D eigenvalue weighted by molar-refractivity contribution is 7.12. The summed E-state index contributed by atoms with van der Waals surface area (Å²) in [6, 6.07) is 13.2. The molecular weight excluding hydrogens is 262 g/mol. The van der Waals surface area contributed by atoms with Gasteiger partial charge in [-0.1, -0.05) is 46.8 Å². The molecule has 1 nitrogen and oxygen atoms in total. The van der Waals surface area contributed by atoms with Gasteiger partial charge in [0.1, 0.15) is 0 Å². The van der Waals surface area contributed by atoms with Crippen LogP contribution in [0.3, 0.4) is 0 Å². The fourth-order valence-electron chi connectivity index (χ4n) is 2.07. The Hall–Kier alpha value is -1.28. The fourth-order valence-corrected chi connectivity index (χ4v) is 3.08. The molecular formula is C18H25NS. The first-order valence-electron chi connectivity index (χ1n) is 7.29. The number of rotatable bonds is 4. The van der Waals surface area contributed by atoms with Crippen LogP contribution in [0.5, 0.6) is 0 Å². The molecule has 1 aromatic heterocycles. The van der Waals surface area contributed by atoms with Crippen LogP contribution in [0.25, 0.3) is 0 Å². The van der Waals surface area contributed by atoms with Crippen LogP contribution >= 0.6 is 11.3 Å². The molecule has 108 valence electrons. The summed E-state index contributed by atoms with van der Waals surface area (Å²) in [6.45, 7) is 12.2. The molecule has 0 aliphatic carbocycles. The van der Waals surface area contributed by atoms with Crippen LogP contribution in [-0.4, -0.2) is 0 Å². The predicted octanol–water partition coefficient (Wildman–Crippen LogP) is 5.78. The van der Waals surface area contributed by atoms with Crippen molar-refractivity contribution in [3.63, 3.8) is 0 Å². The van der Waals surface area contributed by atoms with E-state index in [4.69, 9.17) is 0 Å². The third-order valence-electron chi connectivity index (χ3n) is 3.42. The number of thiophene rings is 1. The number of nitrogens with one attached hydrogen (secondary N) is 1. The van der Waals surface area contributed by atoms with Gasteiger partial charge in [0.25, 0.3) is 0 Å². The van der Waals surface area contributed by atoms with E-state index in [2.05, 4.69) is 76.3 Å². The average Bonchev–Trinajstić information content (AvgIpc) is 2.85. The van der Waals surface area contributed by atoms with Crippen molar-refractivity contribution in [2.24, 2.45) is 0 Å². The van der Waals surface area contributed by atoms with Crippen molar-refractivity contribution < 1.29 is 0 Å². The standard InChI is InChI=1S/C18H25NS/c1-13(2)14-7-6-8-15(11-14)19-12-16-9-10-17(20-16)18(3,4)5/h6-11,13,19H,12H2,1-5H3. The van der Waals surface area contributed by atoms with Gasteiger partial charge in [0, 0.05) is 22.0 Å². The Balaban J connectivity index is 2.02. The largest absolute Gasteiger partial charge is 0.380 e. The smallest absolute Gasteiger partial charge is 0.0494 e. The summed E-state index contributed by atoms with van der Waals surface area (Å²) < 4.78 is 0. The van der Waals surface area contributed by atoms with Gasteiger partial charge in [-0.3, -0.25) is 0 Å². The van der Waals surface area contributed by atoms with Gasteiger partial charge < -0.3 is 5.32 Å². The monoisotopic (exact) mass is 287 g/mol. The molecule has 2 heteroatoms. The molecule has 0 fully saturated rings. The number of anilines is 1. The van der Waals surface area contributed by atoms with E-state index in [1.54, 1.807) is 0 Å². The van der Waals surface area contributed by atoms with Crippen LogP contribution in [0.1, 0.15) is 55.9 Å². The average molecular weight is 287 g/mol. The molecule has 0 saturated carbocycles. The lowest BCUT2D eigenvalue weighted by molar-refractivity contribution is 0.604. The van der Waals surface area contributed by atoms with E-state index in [9.17, 15) is 0 Å². The zero-order chi connectivity index (χ0) is 14.8. The summed E-state index contributed by atoms with van der Waals surface area (Å²) in [5, 5.41) is 3.53. The lowest BCUT2D eigenvalue weighted by Gasteiger charge is -2.15. The first kappa shape index (κ1) is 15.1. The van der Waals surface area contributed by atoms with Crippen molar-refractivity contribution in [3.8, 4) is 0 Å². The summed E-state index contributed by atoms with van der Waals surface area (Å²) in [6.07, 6.45) is 0. The van der Waals surface area contributed by atoms with E-state index < -0.39 is 0 Å². The zero-order valence-corrected chi connectivity index (χ0v) is 14.0. The maximum Gasteiger partial charge on any atom is 0.0494 e. The SMILES string of the molecule is CC(C)c1cccc(NCc2ccc(C(C)(C)C)s2)c1. The molecule has 0 spiro atoms. The van der Waals surface area contributed by atoms with Crippen molar-refractivity contribution in [1.29, 1.82) is 0 Å². The summed E-state index contributed by atoms with van der Waals surface area (Å²) in [5.41, 5.74) is 2.85.